The van der Waals surface area contributed by atoms with Crippen LogP contribution in [0.2, 0.25) is 19.6 Å². The van der Waals surface area contributed by atoms with Crippen LogP contribution in [0.1, 0.15) is 0 Å². The van der Waals surface area contributed by atoms with Gasteiger partial charge in [0.25, 0.3) is 0 Å². The molecule has 0 aliphatic carbocycles. The molecule has 5 nitrogen and oxygen atoms in total. The van der Waals surface area contributed by atoms with Crippen LogP contribution >= 0.6 is 0 Å². The quantitative estimate of drug-likeness (QED) is 0.161. The van der Waals surface area contributed by atoms with Crippen LogP contribution in [-0.2, 0) is 34.2 Å². The zero-order valence-electron chi connectivity index (χ0n) is 21.3. The van der Waals surface area contributed by atoms with E-state index in [2.05, 4.69) is 46.7 Å². The van der Waals surface area contributed by atoms with Crippen LogP contribution in [0.3, 0.4) is 0 Å². The molecule has 9 heteroatoms. The Labute approximate surface area is 232 Å². The Bertz CT molecular complexity index is 1270. The van der Waals surface area contributed by atoms with Crippen LogP contribution in [0, 0.1) is 23.8 Å². The van der Waals surface area contributed by atoms with Gasteiger partial charge in [0.15, 0.2) is 0 Å². The predicted octanol–water partition coefficient (Wildman–Crippen LogP) is 6.48. The minimum Gasteiger partial charge on any atom is -0.365 e. The summed E-state index contributed by atoms with van der Waals surface area (Å²) in [5.41, 5.74) is 2.25. The molecule has 3 heterocycles. The van der Waals surface area contributed by atoms with Crippen molar-refractivity contribution in [2.75, 3.05) is 0 Å². The van der Waals surface area contributed by atoms with E-state index in [4.69, 9.17) is 0 Å². The molecule has 5 aromatic rings. The van der Waals surface area contributed by atoms with Crippen molar-refractivity contribution in [3.63, 3.8) is 0 Å². The number of benzene rings is 2. The molecule has 0 N–H and O–H groups in total. The number of rotatable bonds is 3. The molecule has 0 spiro atoms. The molecule has 2 aromatic carbocycles. The van der Waals surface area contributed by atoms with Gasteiger partial charge in [-0.25, -0.2) is 0 Å². The molecule has 3 aromatic heterocycles. The fraction of sp³-hybridized carbons (Fsp3) is 0.179. The maximum Gasteiger partial charge on any atom is 0.0755 e. The van der Waals surface area contributed by atoms with E-state index in [1.165, 1.54) is 0 Å². The van der Waals surface area contributed by atoms with Crippen molar-refractivity contribution < 1.29 is 28.9 Å². The van der Waals surface area contributed by atoms with Gasteiger partial charge in [0.05, 0.1) is 23.3 Å². The zero-order valence-corrected chi connectivity index (χ0v) is 24.7. The summed E-state index contributed by atoms with van der Waals surface area (Å²) in [5.74, 6) is -0.625. The largest absolute Gasteiger partial charge is 0.365 e. The smallest absolute Gasteiger partial charge is 0.0755 e. The maximum absolute atomic E-state index is 14.0. The second kappa shape index (κ2) is 14.5. The first-order chi connectivity index (χ1) is 17.3. The van der Waals surface area contributed by atoms with Crippen LogP contribution in [0.4, 0.5) is 8.78 Å². The third kappa shape index (κ3) is 8.38. The summed E-state index contributed by atoms with van der Waals surface area (Å²) in [7, 11) is 3.59. The average Bonchev–Trinajstić information content (AvgIpc) is 3.48. The average molecular weight is 693 g/mol. The molecule has 0 amide bonds. The predicted molar refractivity (Wildman–Crippen MR) is 141 cm³/mol. The van der Waals surface area contributed by atoms with E-state index in [1.807, 2.05) is 42.5 Å². The van der Waals surface area contributed by atoms with Gasteiger partial charge in [0, 0.05) is 74.0 Å². The van der Waals surface area contributed by atoms with E-state index in [9.17, 15) is 8.78 Å². The SMILES string of the molecule is C[Si](C)C.Cn1ccnc1-c1[c-]c(-c2nccn2C)c(F)cc1F.[Ir].[c-]1ccccc1-c1ccccn1. The summed E-state index contributed by atoms with van der Waals surface area (Å²) in [5, 5.41) is 0. The molecule has 194 valence electrons. The first-order valence-electron chi connectivity index (χ1n) is 11.3. The number of aromatic nitrogens is 5. The molecule has 0 saturated heterocycles. The normalized spacial score (nSPS) is 10.1. The first-order valence-corrected chi connectivity index (χ1v) is 14.3. The van der Waals surface area contributed by atoms with Gasteiger partial charge in [-0.1, -0.05) is 37.8 Å². The minimum absolute atomic E-state index is 0. The number of aryl methyl sites for hydroxylation is 2. The number of pyridine rings is 1. The summed E-state index contributed by atoms with van der Waals surface area (Å²) in [6.45, 7) is 6.81. The van der Waals surface area contributed by atoms with Crippen molar-refractivity contribution in [1.29, 1.82) is 0 Å². The fourth-order valence-electron chi connectivity index (χ4n) is 3.11. The number of imidazole rings is 2. The molecular formula is C28H28F2IrN5Si-2. The van der Waals surface area contributed by atoms with E-state index in [-0.39, 0.29) is 40.0 Å². The Morgan fingerprint density at radius 2 is 1.30 bits per heavy atom. The van der Waals surface area contributed by atoms with Crippen molar-refractivity contribution in [1.82, 2.24) is 24.1 Å². The van der Waals surface area contributed by atoms with Gasteiger partial charge in [-0.2, -0.15) is 0 Å². The molecule has 2 radical (unpaired) electrons. The van der Waals surface area contributed by atoms with Gasteiger partial charge in [0.1, 0.15) is 0 Å². The second-order valence-corrected chi connectivity index (χ2v) is 11.4. The number of halogens is 2. The van der Waals surface area contributed by atoms with Gasteiger partial charge in [-0.15, -0.1) is 42.0 Å². The standard InChI is InChI=1S/C14H11F2N4.C11H8N.C3H9Si.Ir/c1-19-5-3-17-13(19)9-7-10(12(16)8-11(9)15)14-18-4-6-20(14)2;1-2-6-10(7-3-1)11-8-4-5-9-12-11;1-4(2)3;/h3-6,8H,1-2H3;1-6,8-9H;1-3H3;/q2*-1;;. The molecule has 0 saturated carbocycles. The Morgan fingerprint density at radius 1 is 0.757 bits per heavy atom. The molecule has 0 aliphatic rings. The summed E-state index contributed by atoms with van der Waals surface area (Å²) in [6, 6.07) is 20.4. The monoisotopic (exact) mass is 693 g/mol. The van der Waals surface area contributed by atoms with Gasteiger partial charge in [-0.05, 0) is 22.9 Å². The Hall–Kier alpha value is -3.26. The van der Waals surface area contributed by atoms with Gasteiger partial charge >= 0.3 is 0 Å². The fourth-order valence-corrected chi connectivity index (χ4v) is 3.11. The number of nitrogens with zero attached hydrogens (tertiary/aromatic N) is 5. The molecular weight excluding hydrogens is 665 g/mol. The van der Waals surface area contributed by atoms with Crippen LogP contribution in [-0.4, -0.2) is 32.9 Å². The van der Waals surface area contributed by atoms with E-state index in [0.717, 1.165) is 17.3 Å². The van der Waals surface area contributed by atoms with Crippen LogP contribution in [0.25, 0.3) is 34.0 Å². The van der Waals surface area contributed by atoms with Crippen molar-refractivity contribution in [2.45, 2.75) is 19.6 Å². The topological polar surface area (TPSA) is 48.5 Å². The molecule has 0 bridgehead atoms. The molecule has 0 unspecified atom stereocenters. The van der Waals surface area contributed by atoms with Crippen molar-refractivity contribution >= 4 is 8.80 Å². The van der Waals surface area contributed by atoms with Crippen LogP contribution in [0.15, 0.2) is 79.5 Å². The molecule has 0 fully saturated rings. The Morgan fingerprint density at radius 3 is 1.70 bits per heavy atom. The molecule has 5 rings (SSSR count). The van der Waals surface area contributed by atoms with Crippen LogP contribution < -0.4 is 0 Å². The van der Waals surface area contributed by atoms with Crippen LogP contribution in [0.5, 0.6) is 0 Å². The summed E-state index contributed by atoms with van der Waals surface area (Å²) in [6.07, 6.45) is 8.26. The maximum atomic E-state index is 14.0. The third-order valence-corrected chi connectivity index (χ3v) is 4.72. The number of hydrogen-bond acceptors (Lipinski definition) is 3. The summed E-state index contributed by atoms with van der Waals surface area (Å²) in [4.78, 5) is 12.3. The van der Waals surface area contributed by atoms with E-state index >= 15 is 0 Å². The van der Waals surface area contributed by atoms with E-state index in [1.54, 1.807) is 54.2 Å². The second-order valence-electron chi connectivity index (χ2n) is 8.43. The van der Waals surface area contributed by atoms with Gasteiger partial charge in [-0.3, -0.25) is 18.7 Å². The van der Waals surface area contributed by atoms with Crippen molar-refractivity contribution in [2.24, 2.45) is 14.1 Å². The Kier molecular flexibility index (Phi) is 11.7. The zero-order chi connectivity index (χ0) is 26.1. The van der Waals surface area contributed by atoms with Gasteiger partial charge < -0.3 is 14.1 Å². The van der Waals surface area contributed by atoms with Crippen molar-refractivity contribution in [3.8, 4) is 34.0 Å². The van der Waals surface area contributed by atoms with Crippen molar-refractivity contribution in [3.05, 3.63) is 103 Å². The molecule has 0 atom stereocenters. The Balaban J connectivity index is 0.000000241. The molecule has 37 heavy (non-hydrogen) atoms. The third-order valence-electron chi connectivity index (χ3n) is 4.72. The number of hydrogen-bond donors (Lipinski definition) is 0. The van der Waals surface area contributed by atoms with E-state index in [0.29, 0.717) is 11.6 Å². The van der Waals surface area contributed by atoms with Gasteiger partial charge in [0.2, 0.25) is 0 Å². The first kappa shape index (κ1) is 30.0. The van der Waals surface area contributed by atoms with E-state index < -0.39 is 11.6 Å². The molecule has 0 aliphatic heterocycles. The minimum atomic E-state index is -0.699. The summed E-state index contributed by atoms with van der Waals surface area (Å²) >= 11 is 0. The summed E-state index contributed by atoms with van der Waals surface area (Å²) < 4.78 is 31.2.